The molecule has 0 bridgehead atoms. The molecule has 2 fully saturated rings. The average molecular weight is 282 g/mol. The second-order valence-electron chi connectivity index (χ2n) is 6.99. The summed E-state index contributed by atoms with van der Waals surface area (Å²) < 4.78 is 5.80. The first-order valence-electron chi connectivity index (χ1n) is 7.73. The summed E-state index contributed by atoms with van der Waals surface area (Å²) in [5.41, 5.74) is 6.10. The molecule has 20 heavy (non-hydrogen) atoms. The Kier molecular flexibility index (Phi) is 4.59. The van der Waals surface area contributed by atoms with Gasteiger partial charge in [-0.25, -0.2) is 0 Å². The minimum Gasteiger partial charge on any atom is -0.373 e. The molecule has 1 saturated carbocycles. The van der Waals surface area contributed by atoms with E-state index in [-0.39, 0.29) is 17.7 Å². The van der Waals surface area contributed by atoms with Gasteiger partial charge < -0.3 is 15.4 Å². The molecule has 1 heterocycles. The standard InChI is InChI=1S/C15H30N4O/c1-11-8-19(9-12(2)20-11)15(3,4)10-17-14(16)18(5)13-6-7-13/h11-13H,6-10H2,1-5H3,(H2,16,17). The molecule has 0 aromatic carbocycles. The highest BCUT2D eigenvalue weighted by Gasteiger charge is 2.33. The smallest absolute Gasteiger partial charge is 0.191 e. The molecule has 2 N–H and O–H groups in total. The predicted molar refractivity (Wildman–Crippen MR) is 82.9 cm³/mol. The maximum absolute atomic E-state index is 6.08. The van der Waals surface area contributed by atoms with Crippen LogP contribution >= 0.6 is 0 Å². The molecule has 0 spiro atoms. The Balaban J connectivity index is 1.93. The Morgan fingerprint density at radius 1 is 1.30 bits per heavy atom. The van der Waals surface area contributed by atoms with Crippen LogP contribution in [0.25, 0.3) is 0 Å². The van der Waals surface area contributed by atoms with Crippen LogP contribution in [-0.2, 0) is 4.74 Å². The fourth-order valence-electron chi connectivity index (χ4n) is 2.81. The SMILES string of the molecule is CC1CN(C(C)(C)CN=C(N)N(C)C2CC2)CC(C)O1. The molecule has 5 heteroatoms. The number of ether oxygens (including phenoxy) is 1. The highest BCUT2D eigenvalue weighted by Crippen LogP contribution is 2.25. The van der Waals surface area contributed by atoms with Crippen LogP contribution in [0.4, 0.5) is 0 Å². The molecule has 0 aromatic rings. The van der Waals surface area contributed by atoms with Crippen molar-refractivity contribution in [3.63, 3.8) is 0 Å². The number of nitrogens with zero attached hydrogens (tertiary/aromatic N) is 3. The van der Waals surface area contributed by atoms with Crippen LogP contribution in [0.2, 0.25) is 0 Å². The third kappa shape index (κ3) is 3.85. The molecular formula is C15H30N4O. The number of rotatable bonds is 4. The van der Waals surface area contributed by atoms with Crippen molar-refractivity contribution in [1.29, 1.82) is 0 Å². The van der Waals surface area contributed by atoms with Gasteiger partial charge in [0.1, 0.15) is 0 Å². The molecule has 2 rings (SSSR count). The van der Waals surface area contributed by atoms with Crippen LogP contribution in [0.1, 0.15) is 40.5 Å². The molecular weight excluding hydrogens is 252 g/mol. The zero-order valence-electron chi connectivity index (χ0n) is 13.6. The molecule has 2 atom stereocenters. The average Bonchev–Trinajstić information content (AvgIpc) is 3.18. The van der Waals surface area contributed by atoms with Gasteiger partial charge in [0.25, 0.3) is 0 Å². The van der Waals surface area contributed by atoms with Gasteiger partial charge in [0.15, 0.2) is 5.96 Å². The van der Waals surface area contributed by atoms with E-state index in [1.807, 2.05) is 7.05 Å². The van der Waals surface area contributed by atoms with Crippen LogP contribution in [0.3, 0.4) is 0 Å². The van der Waals surface area contributed by atoms with Crippen molar-refractivity contribution in [3.8, 4) is 0 Å². The molecule has 0 aromatic heterocycles. The molecule has 116 valence electrons. The van der Waals surface area contributed by atoms with Crippen LogP contribution in [0.15, 0.2) is 4.99 Å². The monoisotopic (exact) mass is 282 g/mol. The summed E-state index contributed by atoms with van der Waals surface area (Å²) in [6.45, 7) is 11.4. The van der Waals surface area contributed by atoms with E-state index in [9.17, 15) is 0 Å². The van der Waals surface area contributed by atoms with Gasteiger partial charge in [-0.15, -0.1) is 0 Å². The number of nitrogens with two attached hydrogens (primary N) is 1. The van der Waals surface area contributed by atoms with E-state index in [4.69, 9.17) is 10.5 Å². The lowest BCUT2D eigenvalue weighted by molar-refractivity contribution is -0.0939. The first-order valence-corrected chi connectivity index (χ1v) is 7.73. The predicted octanol–water partition coefficient (Wildman–Crippen LogP) is 1.28. The van der Waals surface area contributed by atoms with E-state index in [1.165, 1.54) is 12.8 Å². The molecule has 0 amide bonds. The van der Waals surface area contributed by atoms with Crippen molar-refractivity contribution in [3.05, 3.63) is 0 Å². The molecule has 0 radical (unpaired) electrons. The second-order valence-corrected chi connectivity index (χ2v) is 6.99. The number of hydrogen-bond acceptors (Lipinski definition) is 3. The zero-order valence-corrected chi connectivity index (χ0v) is 13.6. The van der Waals surface area contributed by atoms with E-state index in [1.54, 1.807) is 0 Å². The van der Waals surface area contributed by atoms with Crippen molar-refractivity contribution in [2.75, 3.05) is 26.7 Å². The van der Waals surface area contributed by atoms with Gasteiger partial charge in [0.05, 0.1) is 18.8 Å². The number of aliphatic imine (C=N–C) groups is 1. The number of guanidine groups is 1. The third-order valence-corrected chi connectivity index (χ3v) is 4.36. The molecule has 1 aliphatic heterocycles. The van der Waals surface area contributed by atoms with Gasteiger partial charge >= 0.3 is 0 Å². The summed E-state index contributed by atoms with van der Waals surface area (Å²) >= 11 is 0. The van der Waals surface area contributed by atoms with Gasteiger partial charge in [-0.05, 0) is 40.5 Å². The summed E-state index contributed by atoms with van der Waals surface area (Å²) in [4.78, 5) is 9.20. The molecule has 2 aliphatic rings. The first kappa shape index (κ1) is 15.6. The molecule has 1 saturated heterocycles. The van der Waals surface area contributed by atoms with Gasteiger partial charge in [0.2, 0.25) is 0 Å². The van der Waals surface area contributed by atoms with E-state index >= 15 is 0 Å². The highest BCUT2D eigenvalue weighted by atomic mass is 16.5. The van der Waals surface area contributed by atoms with Crippen LogP contribution in [-0.4, -0.2) is 66.2 Å². The Morgan fingerprint density at radius 3 is 2.35 bits per heavy atom. The van der Waals surface area contributed by atoms with Gasteiger partial charge in [-0.3, -0.25) is 9.89 Å². The molecule has 5 nitrogen and oxygen atoms in total. The summed E-state index contributed by atoms with van der Waals surface area (Å²) in [6, 6.07) is 0.616. The summed E-state index contributed by atoms with van der Waals surface area (Å²) in [7, 11) is 2.04. The van der Waals surface area contributed by atoms with Crippen LogP contribution in [0, 0.1) is 0 Å². The quantitative estimate of drug-likeness (QED) is 0.623. The van der Waals surface area contributed by atoms with Crippen molar-refractivity contribution in [1.82, 2.24) is 9.80 Å². The molecule has 2 unspecified atom stereocenters. The van der Waals surface area contributed by atoms with E-state index in [0.29, 0.717) is 12.0 Å². The van der Waals surface area contributed by atoms with Crippen LogP contribution < -0.4 is 5.73 Å². The normalized spacial score (nSPS) is 29.6. The lowest BCUT2D eigenvalue weighted by Crippen LogP contribution is -2.56. The lowest BCUT2D eigenvalue weighted by atomic mass is 10.0. The van der Waals surface area contributed by atoms with Gasteiger partial charge in [-0.1, -0.05) is 0 Å². The van der Waals surface area contributed by atoms with E-state index < -0.39 is 0 Å². The van der Waals surface area contributed by atoms with Crippen molar-refractivity contribution >= 4 is 5.96 Å². The number of hydrogen-bond donors (Lipinski definition) is 1. The summed E-state index contributed by atoms with van der Waals surface area (Å²) in [5.74, 6) is 0.676. The lowest BCUT2D eigenvalue weighted by Gasteiger charge is -2.44. The third-order valence-electron chi connectivity index (χ3n) is 4.36. The zero-order chi connectivity index (χ0) is 14.9. The van der Waals surface area contributed by atoms with Crippen LogP contribution in [0.5, 0.6) is 0 Å². The van der Waals surface area contributed by atoms with Crippen molar-refractivity contribution in [2.45, 2.75) is 64.3 Å². The largest absolute Gasteiger partial charge is 0.373 e. The van der Waals surface area contributed by atoms with Gasteiger partial charge in [0, 0.05) is 31.7 Å². The summed E-state index contributed by atoms with van der Waals surface area (Å²) in [5, 5.41) is 0. The highest BCUT2D eigenvalue weighted by molar-refractivity contribution is 5.78. The maximum atomic E-state index is 6.08. The fraction of sp³-hybridized carbons (Fsp3) is 0.933. The first-order chi connectivity index (χ1) is 9.29. The Labute approximate surface area is 123 Å². The Hall–Kier alpha value is -0.810. The maximum Gasteiger partial charge on any atom is 0.191 e. The topological polar surface area (TPSA) is 54.1 Å². The minimum absolute atomic E-state index is 0.0152. The Morgan fingerprint density at radius 2 is 1.85 bits per heavy atom. The summed E-state index contributed by atoms with van der Waals surface area (Å²) in [6.07, 6.45) is 3.06. The van der Waals surface area contributed by atoms with Gasteiger partial charge in [-0.2, -0.15) is 0 Å². The van der Waals surface area contributed by atoms with Crippen molar-refractivity contribution < 1.29 is 4.74 Å². The second kappa shape index (κ2) is 5.90. The van der Waals surface area contributed by atoms with E-state index in [2.05, 4.69) is 42.5 Å². The fourth-order valence-corrected chi connectivity index (χ4v) is 2.81. The molecule has 1 aliphatic carbocycles. The van der Waals surface area contributed by atoms with Crippen molar-refractivity contribution in [2.24, 2.45) is 10.7 Å². The Bertz CT molecular complexity index is 355. The minimum atomic E-state index is 0.0152. The van der Waals surface area contributed by atoms with E-state index in [0.717, 1.165) is 19.6 Å². The number of morpholine rings is 1.